The summed E-state index contributed by atoms with van der Waals surface area (Å²) in [6.07, 6.45) is -0.898. The summed E-state index contributed by atoms with van der Waals surface area (Å²) in [4.78, 5) is 25.0. The van der Waals surface area contributed by atoms with Gasteiger partial charge in [-0.25, -0.2) is 9.18 Å². The molecular weight excluding hydrogens is 295 g/mol. The van der Waals surface area contributed by atoms with Crippen molar-refractivity contribution in [2.45, 2.75) is 20.0 Å². The number of nitrogens with zero attached hydrogens (tertiary/aromatic N) is 1. The van der Waals surface area contributed by atoms with Gasteiger partial charge in [0.15, 0.2) is 5.78 Å². The number of thiocarbonyl (C=S) groups is 1. The SMILES string of the molecule is CC(=O)c1ccc(N2C[C@H](CNC(C)=S)OC2=O)cc1F. The van der Waals surface area contributed by atoms with Crippen molar-refractivity contribution in [3.05, 3.63) is 29.6 Å². The van der Waals surface area contributed by atoms with Crippen LogP contribution in [0.4, 0.5) is 14.9 Å². The highest BCUT2D eigenvalue weighted by Gasteiger charge is 2.32. The Morgan fingerprint density at radius 3 is 2.81 bits per heavy atom. The van der Waals surface area contributed by atoms with Gasteiger partial charge in [-0.1, -0.05) is 12.2 Å². The van der Waals surface area contributed by atoms with Crippen LogP contribution in [0.1, 0.15) is 24.2 Å². The predicted molar refractivity (Wildman–Crippen MR) is 80.3 cm³/mol. The summed E-state index contributed by atoms with van der Waals surface area (Å²) in [7, 11) is 0. The zero-order valence-electron chi connectivity index (χ0n) is 11.7. The quantitative estimate of drug-likeness (QED) is 0.683. The van der Waals surface area contributed by atoms with Gasteiger partial charge in [0.05, 0.1) is 29.3 Å². The lowest BCUT2D eigenvalue weighted by Crippen LogP contribution is -2.32. The maximum atomic E-state index is 13.8. The lowest BCUT2D eigenvalue weighted by Gasteiger charge is -2.14. The molecule has 1 amide bonds. The first kappa shape index (κ1) is 15.4. The minimum absolute atomic E-state index is 0.000799. The number of ether oxygens (including phenoxy) is 1. The fourth-order valence-corrected chi connectivity index (χ4v) is 2.14. The maximum absolute atomic E-state index is 13.8. The number of hydrogen-bond donors (Lipinski definition) is 1. The summed E-state index contributed by atoms with van der Waals surface area (Å²) in [6.45, 7) is 3.73. The number of amides is 1. The van der Waals surface area contributed by atoms with Crippen LogP contribution in [0.15, 0.2) is 18.2 Å². The topological polar surface area (TPSA) is 58.6 Å². The molecular formula is C14H15FN2O3S. The van der Waals surface area contributed by atoms with Gasteiger partial charge in [-0.2, -0.15) is 0 Å². The minimum atomic E-state index is -0.649. The Labute approximate surface area is 127 Å². The molecule has 1 aliphatic rings. The van der Waals surface area contributed by atoms with Crippen molar-refractivity contribution in [1.29, 1.82) is 0 Å². The molecule has 1 atom stereocenters. The molecule has 1 N–H and O–H groups in total. The highest BCUT2D eigenvalue weighted by Crippen LogP contribution is 2.24. The molecule has 21 heavy (non-hydrogen) atoms. The summed E-state index contributed by atoms with van der Waals surface area (Å²) < 4.78 is 19.0. The van der Waals surface area contributed by atoms with Crippen molar-refractivity contribution >= 4 is 34.8 Å². The molecule has 1 heterocycles. The molecule has 0 aliphatic carbocycles. The highest BCUT2D eigenvalue weighted by atomic mass is 32.1. The average molecular weight is 310 g/mol. The van der Waals surface area contributed by atoms with Gasteiger partial charge in [0, 0.05) is 0 Å². The number of anilines is 1. The fraction of sp³-hybridized carbons (Fsp3) is 0.357. The van der Waals surface area contributed by atoms with Crippen LogP contribution in [0.5, 0.6) is 0 Å². The van der Waals surface area contributed by atoms with Crippen molar-refractivity contribution < 1.29 is 18.7 Å². The van der Waals surface area contributed by atoms with E-state index in [1.807, 2.05) is 0 Å². The van der Waals surface area contributed by atoms with Gasteiger partial charge in [0.1, 0.15) is 11.9 Å². The van der Waals surface area contributed by atoms with Gasteiger partial charge in [-0.15, -0.1) is 0 Å². The number of carbonyl (C=O) groups is 2. The van der Waals surface area contributed by atoms with E-state index < -0.39 is 11.9 Å². The van der Waals surface area contributed by atoms with Crippen LogP contribution in [-0.4, -0.2) is 36.1 Å². The Morgan fingerprint density at radius 1 is 1.52 bits per heavy atom. The molecule has 0 unspecified atom stereocenters. The molecule has 0 spiro atoms. The highest BCUT2D eigenvalue weighted by molar-refractivity contribution is 7.80. The van der Waals surface area contributed by atoms with Crippen LogP contribution in [-0.2, 0) is 4.74 Å². The molecule has 1 aliphatic heterocycles. The van der Waals surface area contributed by atoms with Gasteiger partial charge in [-0.05, 0) is 32.0 Å². The number of carbonyl (C=O) groups excluding carboxylic acids is 2. The molecule has 0 saturated carbocycles. The summed E-state index contributed by atoms with van der Waals surface area (Å²) in [5.41, 5.74) is 0.366. The second-order valence-electron chi connectivity index (χ2n) is 4.77. The Morgan fingerprint density at radius 2 is 2.24 bits per heavy atom. The molecule has 1 saturated heterocycles. The van der Waals surface area contributed by atoms with Crippen molar-refractivity contribution in [3.8, 4) is 0 Å². The van der Waals surface area contributed by atoms with E-state index >= 15 is 0 Å². The van der Waals surface area contributed by atoms with E-state index in [2.05, 4.69) is 5.32 Å². The summed E-state index contributed by atoms with van der Waals surface area (Å²) >= 11 is 4.89. The molecule has 1 fully saturated rings. The van der Waals surface area contributed by atoms with E-state index in [-0.39, 0.29) is 17.5 Å². The largest absolute Gasteiger partial charge is 0.442 e. The van der Waals surface area contributed by atoms with Gasteiger partial charge in [-0.3, -0.25) is 9.69 Å². The lowest BCUT2D eigenvalue weighted by molar-refractivity contribution is 0.101. The normalized spacial score (nSPS) is 17.6. The van der Waals surface area contributed by atoms with E-state index in [0.29, 0.717) is 23.8 Å². The van der Waals surface area contributed by atoms with Gasteiger partial charge in [0.2, 0.25) is 0 Å². The van der Waals surface area contributed by atoms with Crippen molar-refractivity contribution in [2.24, 2.45) is 0 Å². The number of nitrogens with one attached hydrogen (secondary N) is 1. The number of cyclic esters (lactones) is 1. The van der Waals surface area contributed by atoms with E-state index in [1.165, 1.54) is 24.0 Å². The Bertz CT molecular complexity index is 606. The minimum Gasteiger partial charge on any atom is -0.442 e. The number of ketones is 1. The predicted octanol–water partition coefficient (Wildman–Crippen LogP) is 2.29. The summed E-state index contributed by atoms with van der Waals surface area (Å²) in [5, 5.41) is 2.92. The lowest BCUT2D eigenvalue weighted by atomic mass is 10.1. The van der Waals surface area contributed by atoms with E-state index in [1.54, 1.807) is 6.92 Å². The first-order chi connectivity index (χ1) is 9.88. The molecule has 0 radical (unpaired) electrons. The van der Waals surface area contributed by atoms with Gasteiger partial charge < -0.3 is 10.1 Å². The third-order valence-electron chi connectivity index (χ3n) is 3.10. The number of halogens is 1. The molecule has 1 aromatic carbocycles. The van der Waals surface area contributed by atoms with Crippen LogP contribution in [0.3, 0.4) is 0 Å². The number of hydrogen-bond acceptors (Lipinski definition) is 4. The Hall–Kier alpha value is -2.02. The summed E-state index contributed by atoms with van der Waals surface area (Å²) in [5.74, 6) is -1.01. The van der Waals surface area contributed by atoms with Crippen LogP contribution >= 0.6 is 12.2 Å². The van der Waals surface area contributed by atoms with E-state index in [4.69, 9.17) is 17.0 Å². The zero-order chi connectivity index (χ0) is 15.6. The number of benzene rings is 1. The number of rotatable bonds is 4. The monoisotopic (exact) mass is 310 g/mol. The maximum Gasteiger partial charge on any atom is 0.414 e. The Balaban J connectivity index is 2.12. The van der Waals surface area contributed by atoms with Crippen LogP contribution < -0.4 is 10.2 Å². The smallest absolute Gasteiger partial charge is 0.414 e. The molecule has 1 aromatic rings. The standard InChI is InChI=1S/C14H15FN2O3S/c1-8(18)12-4-3-10(5-13(12)15)17-7-11(20-14(17)19)6-16-9(2)21/h3-5,11H,6-7H2,1-2H3,(H,16,21)/t11-/m0/s1. The second kappa shape index (κ2) is 6.17. The van der Waals surface area contributed by atoms with Crippen molar-refractivity contribution in [2.75, 3.05) is 18.0 Å². The molecule has 0 aromatic heterocycles. The third-order valence-corrected chi connectivity index (χ3v) is 3.24. The molecule has 112 valence electrons. The zero-order valence-corrected chi connectivity index (χ0v) is 12.5. The van der Waals surface area contributed by atoms with Crippen LogP contribution in [0.2, 0.25) is 0 Å². The first-order valence-corrected chi connectivity index (χ1v) is 6.82. The Kier molecular flexibility index (Phi) is 4.52. The van der Waals surface area contributed by atoms with Crippen LogP contribution in [0, 0.1) is 5.82 Å². The van der Waals surface area contributed by atoms with E-state index in [0.717, 1.165) is 6.07 Å². The van der Waals surface area contributed by atoms with Crippen molar-refractivity contribution in [3.63, 3.8) is 0 Å². The molecule has 5 nitrogen and oxygen atoms in total. The second-order valence-corrected chi connectivity index (χ2v) is 5.39. The third kappa shape index (κ3) is 3.55. The summed E-state index contributed by atoms with van der Waals surface area (Å²) in [6, 6.07) is 4.06. The first-order valence-electron chi connectivity index (χ1n) is 6.41. The van der Waals surface area contributed by atoms with Crippen LogP contribution in [0.25, 0.3) is 0 Å². The van der Waals surface area contributed by atoms with Crippen molar-refractivity contribution in [1.82, 2.24) is 5.32 Å². The molecule has 0 bridgehead atoms. The van der Waals surface area contributed by atoms with E-state index in [9.17, 15) is 14.0 Å². The number of Topliss-reactive ketones (excluding diaryl/α,β-unsaturated/α-hetero) is 1. The van der Waals surface area contributed by atoms with Gasteiger partial charge >= 0.3 is 6.09 Å². The average Bonchev–Trinajstić information content (AvgIpc) is 2.77. The van der Waals surface area contributed by atoms with Gasteiger partial charge in [0.25, 0.3) is 0 Å². The fourth-order valence-electron chi connectivity index (χ4n) is 2.05. The molecule has 2 rings (SSSR count). The molecule has 7 heteroatoms.